The number of carboxylic acids is 1. The zero-order valence-electron chi connectivity index (χ0n) is 6.93. The fourth-order valence-electron chi connectivity index (χ4n) is 0.0617. The van der Waals surface area contributed by atoms with Crippen molar-refractivity contribution < 1.29 is 14.0 Å². The van der Waals surface area contributed by atoms with E-state index in [0.717, 1.165) is 6.08 Å². The zero-order valence-corrected chi connectivity index (χ0v) is 3.93. The molecule has 0 bridgehead atoms. The van der Waals surface area contributed by atoms with Gasteiger partial charge < -0.3 is 5.11 Å². The average Bonchev–Trinajstić information content (AvgIpc) is 1.60. The summed E-state index contributed by atoms with van der Waals surface area (Å²) in [5, 5.41) is 8.23. The summed E-state index contributed by atoms with van der Waals surface area (Å²) in [6.45, 7) is -1.04. The summed E-state index contributed by atoms with van der Waals surface area (Å²) >= 11 is 0. The minimum Gasteiger partial charge on any atom is -0.478 e. The van der Waals surface area contributed by atoms with Crippen LogP contribution in [0.25, 0.3) is 0 Å². The van der Waals surface area contributed by atoms with Crippen LogP contribution >= 0.6 is 0 Å². The quantitative estimate of drug-likeness (QED) is 0.503. The maximum Gasteiger partial charge on any atom is 0.330 e. The van der Waals surface area contributed by atoms with E-state index in [1.165, 1.54) is 6.92 Å². The molecule has 40 valence electrons. The monoisotopic (exact) mass is 103 g/mol. The van der Waals surface area contributed by atoms with Gasteiger partial charge in [-0.25, -0.2) is 4.79 Å². The molecule has 0 radical (unpaired) electrons. The number of carbonyl (C=O) groups is 1. The van der Waals surface area contributed by atoms with Crippen LogP contribution < -0.4 is 0 Å². The van der Waals surface area contributed by atoms with Crippen LogP contribution in [0.3, 0.4) is 0 Å². The first-order valence-corrected chi connectivity index (χ1v) is 1.76. The molecule has 0 saturated carbocycles. The molecular formula is C5H8O2. The van der Waals surface area contributed by atoms with Gasteiger partial charge in [0.15, 0.2) is 0 Å². The first-order valence-electron chi connectivity index (χ1n) is 3.26. The molecule has 0 aliphatic heterocycles. The van der Waals surface area contributed by atoms with Crippen LogP contribution in [0.5, 0.6) is 0 Å². The normalized spacial score (nSPS) is 19.6. The van der Waals surface area contributed by atoms with Crippen LogP contribution in [-0.2, 0) is 4.79 Å². The summed E-state index contributed by atoms with van der Waals surface area (Å²) in [5.74, 6) is -1.20. The van der Waals surface area contributed by atoms with Gasteiger partial charge in [-0.3, -0.25) is 0 Å². The Morgan fingerprint density at radius 3 is 2.71 bits per heavy atom. The molecule has 2 heteroatoms. The summed E-state index contributed by atoms with van der Waals surface area (Å²) in [7, 11) is 0. The lowest BCUT2D eigenvalue weighted by Gasteiger charge is -1.84. The van der Waals surface area contributed by atoms with E-state index in [1.54, 1.807) is 0 Å². The topological polar surface area (TPSA) is 37.3 Å². The van der Waals surface area contributed by atoms with Gasteiger partial charge in [0.1, 0.15) is 0 Å². The minimum absolute atomic E-state index is 0.153. The van der Waals surface area contributed by atoms with E-state index in [9.17, 15) is 4.79 Å². The Morgan fingerprint density at radius 2 is 2.57 bits per heavy atom. The summed E-state index contributed by atoms with van der Waals surface area (Å²) in [6, 6.07) is 0. The molecule has 0 amide bonds. The van der Waals surface area contributed by atoms with E-state index >= 15 is 0 Å². The first-order chi connectivity index (χ1) is 4.33. The highest BCUT2D eigenvalue weighted by atomic mass is 16.4. The lowest BCUT2D eigenvalue weighted by molar-refractivity contribution is -0.132. The Kier molecular flexibility index (Phi) is 0.855. The Morgan fingerprint density at radius 1 is 2.00 bits per heavy atom. The number of rotatable bonds is 1. The van der Waals surface area contributed by atoms with Crippen molar-refractivity contribution in [3.8, 4) is 0 Å². The fourth-order valence-corrected chi connectivity index (χ4v) is 0.0617. The Labute approximate surface area is 46.7 Å². The van der Waals surface area contributed by atoms with Crippen molar-refractivity contribution in [1.29, 1.82) is 0 Å². The molecule has 2 nitrogen and oxygen atoms in total. The average molecular weight is 103 g/mol. The highest BCUT2D eigenvalue weighted by Crippen LogP contribution is 1.87. The molecule has 0 aliphatic rings. The molecule has 0 aromatic heterocycles. The van der Waals surface area contributed by atoms with Crippen molar-refractivity contribution in [3.63, 3.8) is 0 Å². The second-order valence-corrected chi connectivity index (χ2v) is 1.13. The Bertz CT molecular complexity index is 168. The third-order valence-electron chi connectivity index (χ3n) is 0.554. The fraction of sp³-hybridized carbons (Fsp3) is 0.400. The number of allylic oxidation sites excluding steroid dienone is 1. The van der Waals surface area contributed by atoms with Gasteiger partial charge in [0.05, 0.1) is 0 Å². The third kappa shape index (κ3) is 1.98. The standard InChI is InChI=1S/C5H8O2/c1-3-4(2)5(6)7/h3H,1-2H3,(H,6,7)/b4-3+/i1D3. The second kappa shape index (κ2) is 2.39. The summed E-state index contributed by atoms with van der Waals surface area (Å²) in [6.07, 6.45) is 0.745. The molecule has 0 atom stereocenters. The smallest absolute Gasteiger partial charge is 0.330 e. The first kappa shape index (κ1) is 2.50. The number of hydrogen-bond acceptors (Lipinski definition) is 1. The molecule has 0 saturated heterocycles. The molecule has 0 unspecified atom stereocenters. The Hall–Kier alpha value is -0.790. The third-order valence-corrected chi connectivity index (χ3v) is 0.554. The molecule has 0 fully saturated rings. The molecule has 0 aromatic carbocycles. The van der Waals surface area contributed by atoms with Crippen molar-refractivity contribution in [2.75, 3.05) is 0 Å². The molecule has 7 heavy (non-hydrogen) atoms. The van der Waals surface area contributed by atoms with E-state index in [4.69, 9.17) is 9.22 Å². The number of carboxylic acid groups (broad SMARTS) is 1. The van der Waals surface area contributed by atoms with Gasteiger partial charge in [0.25, 0.3) is 0 Å². The van der Waals surface area contributed by atoms with Crippen LogP contribution in [0, 0.1) is 0 Å². The van der Waals surface area contributed by atoms with Crippen molar-refractivity contribution in [3.05, 3.63) is 11.6 Å². The van der Waals surface area contributed by atoms with Crippen molar-refractivity contribution >= 4 is 5.97 Å². The Balaban J connectivity index is 4.32. The molecule has 0 aliphatic carbocycles. The second-order valence-electron chi connectivity index (χ2n) is 1.13. The van der Waals surface area contributed by atoms with Gasteiger partial charge in [0.2, 0.25) is 0 Å². The van der Waals surface area contributed by atoms with Crippen molar-refractivity contribution in [2.24, 2.45) is 0 Å². The lowest BCUT2D eigenvalue weighted by atomic mass is 10.3. The SMILES string of the molecule is [2H]C([2H])([2H])/C=C(\C)C(=O)O. The zero-order chi connectivity index (χ0) is 8.36. The maximum atomic E-state index is 10.1. The lowest BCUT2D eigenvalue weighted by Crippen LogP contribution is -1.93. The van der Waals surface area contributed by atoms with Gasteiger partial charge in [0, 0.05) is 9.69 Å². The molecule has 0 heterocycles. The van der Waals surface area contributed by atoms with Crippen LogP contribution in [0.4, 0.5) is 0 Å². The van der Waals surface area contributed by atoms with E-state index in [2.05, 4.69) is 0 Å². The number of aliphatic carboxylic acids is 1. The van der Waals surface area contributed by atoms with Gasteiger partial charge in [-0.15, -0.1) is 0 Å². The molecular weight excluding hydrogens is 92.1 g/mol. The predicted octanol–water partition coefficient (Wildman–Crippen LogP) is 1.04. The summed E-state index contributed by atoms with van der Waals surface area (Å²) < 4.78 is 19.9. The summed E-state index contributed by atoms with van der Waals surface area (Å²) in [4.78, 5) is 10.1. The molecule has 0 aromatic rings. The van der Waals surface area contributed by atoms with Crippen molar-refractivity contribution in [1.82, 2.24) is 0 Å². The van der Waals surface area contributed by atoms with Crippen LogP contribution in [0.2, 0.25) is 0 Å². The van der Waals surface area contributed by atoms with Crippen LogP contribution in [0.1, 0.15) is 17.9 Å². The number of hydrogen-bond donors (Lipinski definition) is 1. The summed E-state index contributed by atoms with van der Waals surface area (Å²) in [5.41, 5.74) is -0.153. The van der Waals surface area contributed by atoms with Gasteiger partial charge >= 0.3 is 5.97 Å². The van der Waals surface area contributed by atoms with Crippen molar-refractivity contribution in [2.45, 2.75) is 13.8 Å². The van der Waals surface area contributed by atoms with Crippen LogP contribution in [-0.4, -0.2) is 11.1 Å². The van der Waals surface area contributed by atoms with Crippen LogP contribution in [0.15, 0.2) is 11.6 Å². The largest absolute Gasteiger partial charge is 0.478 e. The van der Waals surface area contributed by atoms with E-state index in [1.807, 2.05) is 0 Å². The minimum atomic E-state index is -2.29. The highest BCUT2D eigenvalue weighted by Gasteiger charge is 1.93. The molecule has 0 rings (SSSR count). The predicted molar refractivity (Wildman–Crippen MR) is 27.1 cm³/mol. The molecule has 1 N–H and O–H groups in total. The van der Waals surface area contributed by atoms with Gasteiger partial charge in [-0.05, 0) is 13.8 Å². The van der Waals surface area contributed by atoms with Gasteiger partial charge in [-0.1, -0.05) is 6.08 Å². The highest BCUT2D eigenvalue weighted by molar-refractivity contribution is 5.85. The van der Waals surface area contributed by atoms with E-state index in [-0.39, 0.29) is 5.57 Å². The van der Waals surface area contributed by atoms with E-state index in [0.29, 0.717) is 0 Å². The molecule has 0 spiro atoms. The maximum absolute atomic E-state index is 10.1. The van der Waals surface area contributed by atoms with Gasteiger partial charge in [-0.2, -0.15) is 0 Å². The van der Waals surface area contributed by atoms with E-state index < -0.39 is 12.8 Å².